The first kappa shape index (κ1) is 13.3. The fourth-order valence-electron chi connectivity index (χ4n) is 2.54. The van der Waals surface area contributed by atoms with Gasteiger partial charge in [-0.3, -0.25) is 14.7 Å². The maximum atomic E-state index is 11.2. The van der Waals surface area contributed by atoms with Crippen LogP contribution in [0, 0.1) is 10.1 Å². The Bertz CT molecular complexity index is 660. The Morgan fingerprint density at radius 3 is 2.95 bits per heavy atom. The molecule has 6 nitrogen and oxygen atoms in total. The second kappa shape index (κ2) is 4.99. The van der Waals surface area contributed by atoms with E-state index < -0.39 is 11.0 Å². The molecule has 0 amide bonds. The van der Waals surface area contributed by atoms with Gasteiger partial charge >= 0.3 is 5.69 Å². The second-order valence-electron chi connectivity index (χ2n) is 4.99. The molecule has 7 heteroatoms. The summed E-state index contributed by atoms with van der Waals surface area (Å²) in [5, 5.41) is 21.4. The third kappa shape index (κ3) is 2.12. The van der Waals surface area contributed by atoms with Gasteiger partial charge < -0.3 is 5.11 Å². The first-order valence-corrected chi connectivity index (χ1v) is 7.41. The maximum absolute atomic E-state index is 11.2. The van der Waals surface area contributed by atoms with Crippen LogP contribution in [0.25, 0.3) is 5.00 Å². The number of aliphatic hydroxyl groups excluding tert-OH is 1. The van der Waals surface area contributed by atoms with Crippen molar-refractivity contribution in [3.05, 3.63) is 38.8 Å². The Labute approximate surface area is 119 Å². The van der Waals surface area contributed by atoms with E-state index in [0.29, 0.717) is 9.88 Å². The summed E-state index contributed by atoms with van der Waals surface area (Å²) in [6.07, 6.45) is 5.00. The van der Waals surface area contributed by atoms with Crippen LogP contribution in [-0.2, 0) is 12.8 Å². The molecule has 0 bridgehead atoms. The lowest BCUT2D eigenvalue weighted by atomic mass is 10.0. The molecule has 2 aromatic rings. The summed E-state index contributed by atoms with van der Waals surface area (Å²) in [4.78, 5) is 15.8. The minimum Gasteiger partial charge on any atom is -0.388 e. The molecule has 0 aliphatic heterocycles. The van der Waals surface area contributed by atoms with E-state index in [-0.39, 0.29) is 5.69 Å². The number of rotatable bonds is 3. The number of hydrogen-bond acceptors (Lipinski definition) is 5. The molecule has 20 heavy (non-hydrogen) atoms. The van der Waals surface area contributed by atoms with Gasteiger partial charge in [-0.05, 0) is 32.6 Å². The lowest BCUT2D eigenvalue weighted by Gasteiger charge is -2.12. The first-order valence-electron chi connectivity index (χ1n) is 6.59. The maximum Gasteiger partial charge on any atom is 0.304 e. The minimum atomic E-state index is -0.702. The third-order valence-corrected chi connectivity index (χ3v) is 4.86. The van der Waals surface area contributed by atoms with Gasteiger partial charge in [0, 0.05) is 16.6 Å². The number of nitrogens with zero attached hydrogens (tertiary/aromatic N) is 3. The highest BCUT2D eigenvalue weighted by Crippen LogP contribution is 2.37. The molecule has 0 fully saturated rings. The van der Waals surface area contributed by atoms with Gasteiger partial charge in [-0.1, -0.05) is 0 Å². The second-order valence-corrected chi connectivity index (χ2v) is 6.05. The van der Waals surface area contributed by atoms with Crippen LogP contribution in [0.5, 0.6) is 0 Å². The Hall–Kier alpha value is -1.73. The molecule has 1 aliphatic rings. The molecule has 2 aromatic heterocycles. The summed E-state index contributed by atoms with van der Waals surface area (Å²) in [7, 11) is 0. The molecular formula is C13H15N3O3S. The molecule has 1 aliphatic carbocycles. The van der Waals surface area contributed by atoms with Crippen molar-refractivity contribution in [2.45, 2.75) is 38.7 Å². The highest BCUT2D eigenvalue weighted by atomic mass is 32.1. The van der Waals surface area contributed by atoms with Crippen molar-refractivity contribution in [1.29, 1.82) is 0 Å². The summed E-state index contributed by atoms with van der Waals surface area (Å²) < 4.78 is 1.82. The number of fused-ring (bicyclic) bond motifs is 1. The molecule has 1 atom stereocenters. The van der Waals surface area contributed by atoms with Gasteiger partial charge in [0.1, 0.15) is 6.33 Å². The largest absolute Gasteiger partial charge is 0.388 e. The summed E-state index contributed by atoms with van der Waals surface area (Å²) in [5.41, 5.74) is 2.15. The van der Waals surface area contributed by atoms with E-state index in [9.17, 15) is 15.2 Å². The van der Waals surface area contributed by atoms with Gasteiger partial charge in [0.25, 0.3) is 0 Å². The van der Waals surface area contributed by atoms with Gasteiger partial charge in [0.2, 0.25) is 0 Å². The van der Waals surface area contributed by atoms with Gasteiger partial charge in [-0.2, -0.15) is 0 Å². The van der Waals surface area contributed by atoms with Gasteiger partial charge in [0.05, 0.1) is 16.7 Å². The van der Waals surface area contributed by atoms with Crippen LogP contribution >= 0.6 is 11.3 Å². The first-order chi connectivity index (χ1) is 9.58. The zero-order chi connectivity index (χ0) is 14.3. The van der Waals surface area contributed by atoms with Crippen molar-refractivity contribution in [3.63, 3.8) is 0 Å². The third-order valence-electron chi connectivity index (χ3n) is 3.57. The quantitative estimate of drug-likeness (QED) is 0.697. The average Bonchev–Trinajstić information content (AvgIpc) is 3.02. The monoisotopic (exact) mass is 293 g/mol. The van der Waals surface area contributed by atoms with Crippen molar-refractivity contribution in [2.24, 2.45) is 0 Å². The van der Waals surface area contributed by atoms with Crippen molar-refractivity contribution >= 4 is 17.0 Å². The number of thiophene rings is 1. The van der Waals surface area contributed by atoms with Gasteiger partial charge in [-0.25, -0.2) is 4.98 Å². The van der Waals surface area contributed by atoms with Crippen LogP contribution in [0.4, 0.5) is 5.69 Å². The normalized spacial score (nSPS) is 15.9. The van der Waals surface area contributed by atoms with Crippen LogP contribution in [0.15, 0.2) is 12.4 Å². The standard InChI is InChI=1S/C13H15N3O3S/c1-8(17)12-6-11(16(18)19)13(20-12)15-7-14-9-4-2-3-5-10(9)15/h6-8,17H,2-5H2,1H3/t8-/m1/s1. The fraction of sp³-hybridized carbons (Fsp3) is 0.462. The van der Waals surface area contributed by atoms with Gasteiger partial charge in [-0.15, -0.1) is 11.3 Å². The van der Waals surface area contributed by atoms with Crippen molar-refractivity contribution < 1.29 is 10.0 Å². The molecule has 0 saturated heterocycles. The number of aliphatic hydroxyl groups is 1. The Kier molecular flexibility index (Phi) is 3.31. The van der Waals surface area contributed by atoms with Crippen LogP contribution in [0.2, 0.25) is 0 Å². The van der Waals surface area contributed by atoms with Crippen LogP contribution in [0.1, 0.15) is 42.1 Å². The van der Waals surface area contributed by atoms with E-state index in [0.717, 1.165) is 37.1 Å². The van der Waals surface area contributed by atoms with E-state index in [1.807, 2.05) is 4.57 Å². The molecular weight excluding hydrogens is 278 g/mol. The topological polar surface area (TPSA) is 81.2 Å². The molecule has 3 rings (SSSR count). The Balaban J connectivity index is 2.13. The summed E-state index contributed by atoms with van der Waals surface area (Å²) in [6, 6.07) is 1.46. The van der Waals surface area contributed by atoms with E-state index >= 15 is 0 Å². The molecule has 0 saturated carbocycles. The zero-order valence-corrected chi connectivity index (χ0v) is 11.9. The molecule has 0 radical (unpaired) electrons. The molecule has 0 aromatic carbocycles. The summed E-state index contributed by atoms with van der Waals surface area (Å²) >= 11 is 1.26. The van der Waals surface area contributed by atoms with Crippen molar-refractivity contribution in [1.82, 2.24) is 9.55 Å². The Morgan fingerprint density at radius 1 is 1.50 bits per heavy atom. The predicted octanol–water partition coefficient (Wildman–Crippen LogP) is 2.77. The molecule has 1 N–H and O–H groups in total. The predicted molar refractivity (Wildman–Crippen MR) is 75.4 cm³/mol. The van der Waals surface area contributed by atoms with E-state index in [1.54, 1.807) is 13.3 Å². The fourth-order valence-corrected chi connectivity index (χ4v) is 3.60. The summed E-state index contributed by atoms with van der Waals surface area (Å²) in [6.45, 7) is 1.61. The van der Waals surface area contributed by atoms with Crippen molar-refractivity contribution in [3.8, 4) is 5.00 Å². The average molecular weight is 293 g/mol. The lowest BCUT2D eigenvalue weighted by molar-refractivity contribution is -0.384. The number of aryl methyl sites for hydroxylation is 1. The minimum absolute atomic E-state index is 0.0386. The molecule has 0 spiro atoms. The SMILES string of the molecule is C[C@@H](O)c1cc([N+](=O)[O-])c(-n2cnc3c2CCCC3)s1. The van der Waals surface area contributed by atoms with Crippen LogP contribution < -0.4 is 0 Å². The van der Waals surface area contributed by atoms with E-state index in [4.69, 9.17) is 0 Å². The number of nitro groups is 1. The highest BCUT2D eigenvalue weighted by Gasteiger charge is 2.26. The smallest absolute Gasteiger partial charge is 0.304 e. The Morgan fingerprint density at radius 2 is 2.25 bits per heavy atom. The zero-order valence-electron chi connectivity index (χ0n) is 11.1. The highest BCUT2D eigenvalue weighted by molar-refractivity contribution is 7.15. The molecule has 2 heterocycles. The molecule has 106 valence electrons. The van der Waals surface area contributed by atoms with Crippen LogP contribution in [-0.4, -0.2) is 19.6 Å². The summed E-state index contributed by atoms with van der Waals surface area (Å²) in [5.74, 6) is 0. The number of hydrogen-bond donors (Lipinski definition) is 1. The van der Waals surface area contributed by atoms with Crippen LogP contribution in [0.3, 0.4) is 0 Å². The van der Waals surface area contributed by atoms with Crippen molar-refractivity contribution in [2.75, 3.05) is 0 Å². The van der Waals surface area contributed by atoms with E-state index in [1.165, 1.54) is 17.4 Å². The number of imidazole rings is 1. The lowest BCUT2D eigenvalue weighted by Crippen LogP contribution is -2.06. The number of aromatic nitrogens is 2. The van der Waals surface area contributed by atoms with Gasteiger partial charge in [0.15, 0.2) is 5.00 Å². The van der Waals surface area contributed by atoms with E-state index in [2.05, 4.69) is 4.98 Å². The molecule has 0 unspecified atom stereocenters.